The van der Waals surface area contributed by atoms with Crippen molar-refractivity contribution in [2.45, 2.75) is 25.8 Å². The zero-order chi connectivity index (χ0) is 16.7. The summed E-state index contributed by atoms with van der Waals surface area (Å²) >= 11 is 0. The largest absolute Gasteiger partial charge is 0.451 e. The minimum absolute atomic E-state index is 0.0209. The molecule has 126 valence electrons. The average Bonchev–Trinajstić information content (AvgIpc) is 3.21. The van der Waals surface area contributed by atoms with Crippen LogP contribution < -0.4 is 5.32 Å². The van der Waals surface area contributed by atoms with Crippen molar-refractivity contribution in [1.82, 2.24) is 15.1 Å². The highest BCUT2D eigenvalue weighted by Crippen LogP contribution is 2.25. The van der Waals surface area contributed by atoms with E-state index >= 15 is 0 Å². The van der Waals surface area contributed by atoms with Crippen LogP contribution in [0, 0.1) is 6.92 Å². The van der Waals surface area contributed by atoms with Gasteiger partial charge in [0.15, 0.2) is 5.76 Å². The van der Waals surface area contributed by atoms with Gasteiger partial charge in [0.05, 0.1) is 0 Å². The molecule has 0 unspecified atom stereocenters. The van der Waals surface area contributed by atoms with Crippen LogP contribution in [0.25, 0.3) is 11.0 Å². The maximum atomic E-state index is 12.7. The van der Waals surface area contributed by atoms with Crippen LogP contribution in [0.4, 0.5) is 4.79 Å². The van der Waals surface area contributed by atoms with Gasteiger partial charge in [0.1, 0.15) is 5.58 Å². The molecule has 0 spiro atoms. The zero-order valence-corrected chi connectivity index (χ0v) is 13.7. The number of hydrogen-bond acceptors (Lipinski definition) is 3. The van der Waals surface area contributed by atoms with Gasteiger partial charge in [-0.25, -0.2) is 4.79 Å². The zero-order valence-electron chi connectivity index (χ0n) is 13.7. The highest BCUT2D eigenvalue weighted by atomic mass is 16.3. The lowest BCUT2D eigenvalue weighted by Gasteiger charge is -2.35. The number of likely N-dealkylation sites (tertiary alicyclic amines) is 1. The second kappa shape index (κ2) is 5.85. The van der Waals surface area contributed by atoms with Crippen LogP contribution in [-0.2, 0) is 0 Å². The molecule has 2 saturated heterocycles. The van der Waals surface area contributed by atoms with Gasteiger partial charge >= 0.3 is 6.03 Å². The fourth-order valence-corrected chi connectivity index (χ4v) is 3.69. The lowest BCUT2D eigenvalue weighted by molar-refractivity contribution is 0.0637. The lowest BCUT2D eigenvalue weighted by atomic mass is 10.0. The first-order chi connectivity index (χ1) is 11.6. The summed E-state index contributed by atoms with van der Waals surface area (Å²) in [7, 11) is 0. The third-order valence-corrected chi connectivity index (χ3v) is 5.03. The van der Waals surface area contributed by atoms with E-state index in [0.717, 1.165) is 42.5 Å². The molecule has 2 aromatic rings. The van der Waals surface area contributed by atoms with E-state index in [0.29, 0.717) is 18.8 Å². The Bertz CT molecular complexity index is 790. The monoisotopic (exact) mass is 327 g/mol. The SMILES string of the molecule is Cc1cccc2cc(C(=O)N3CCC(N4CCNC4=O)CC3)oc12. The minimum Gasteiger partial charge on any atom is -0.451 e. The number of aryl methyl sites for hydroxylation is 1. The van der Waals surface area contributed by atoms with Crippen LogP contribution in [0.1, 0.15) is 29.0 Å². The number of hydrogen-bond donors (Lipinski definition) is 1. The number of fused-ring (bicyclic) bond motifs is 1. The Balaban J connectivity index is 1.45. The maximum Gasteiger partial charge on any atom is 0.317 e. The van der Waals surface area contributed by atoms with E-state index in [1.165, 1.54) is 0 Å². The molecule has 3 amide bonds. The predicted molar refractivity (Wildman–Crippen MR) is 90.0 cm³/mol. The smallest absolute Gasteiger partial charge is 0.317 e. The Kier molecular flexibility index (Phi) is 3.67. The third-order valence-electron chi connectivity index (χ3n) is 5.03. The highest BCUT2D eigenvalue weighted by Gasteiger charge is 2.32. The molecule has 4 rings (SSSR count). The second-order valence-corrected chi connectivity index (χ2v) is 6.55. The normalized spacial score (nSPS) is 19.1. The summed E-state index contributed by atoms with van der Waals surface area (Å²) in [5.41, 5.74) is 1.81. The molecule has 24 heavy (non-hydrogen) atoms. The van der Waals surface area contributed by atoms with Gasteiger partial charge in [-0.2, -0.15) is 0 Å². The fraction of sp³-hybridized carbons (Fsp3) is 0.444. The van der Waals surface area contributed by atoms with Gasteiger partial charge in [0.2, 0.25) is 0 Å². The highest BCUT2D eigenvalue weighted by molar-refractivity contribution is 5.96. The summed E-state index contributed by atoms with van der Waals surface area (Å²) in [5, 5.41) is 3.80. The first-order valence-electron chi connectivity index (χ1n) is 8.46. The Morgan fingerprint density at radius 2 is 2.04 bits per heavy atom. The van der Waals surface area contributed by atoms with Crippen molar-refractivity contribution in [3.8, 4) is 0 Å². The van der Waals surface area contributed by atoms with Crippen LogP contribution in [0.2, 0.25) is 0 Å². The molecule has 3 heterocycles. The van der Waals surface area contributed by atoms with Crippen LogP contribution in [0.15, 0.2) is 28.7 Å². The molecule has 2 fully saturated rings. The predicted octanol–water partition coefficient (Wildman–Crippen LogP) is 2.37. The molecule has 1 aromatic carbocycles. The Morgan fingerprint density at radius 3 is 2.71 bits per heavy atom. The van der Waals surface area contributed by atoms with E-state index in [2.05, 4.69) is 5.32 Å². The van der Waals surface area contributed by atoms with Crippen molar-refractivity contribution in [3.63, 3.8) is 0 Å². The lowest BCUT2D eigenvalue weighted by Crippen LogP contribution is -2.47. The van der Waals surface area contributed by atoms with E-state index in [1.807, 2.05) is 41.0 Å². The molecule has 2 aliphatic rings. The van der Waals surface area contributed by atoms with Crippen molar-refractivity contribution >= 4 is 22.9 Å². The fourth-order valence-electron chi connectivity index (χ4n) is 3.69. The van der Waals surface area contributed by atoms with E-state index < -0.39 is 0 Å². The average molecular weight is 327 g/mol. The van der Waals surface area contributed by atoms with Gasteiger partial charge in [0, 0.05) is 37.6 Å². The second-order valence-electron chi connectivity index (χ2n) is 6.55. The first-order valence-corrected chi connectivity index (χ1v) is 8.46. The number of nitrogens with zero attached hydrogens (tertiary/aromatic N) is 2. The summed E-state index contributed by atoms with van der Waals surface area (Å²) in [6.45, 7) is 4.77. The topological polar surface area (TPSA) is 65.8 Å². The summed E-state index contributed by atoms with van der Waals surface area (Å²) in [4.78, 5) is 28.2. The van der Waals surface area contributed by atoms with Crippen LogP contribution in [0.3, 0.4) is 0 Å². The maximum absolute atomic E-state index is 12.7. The number of benzene rings is 1. The standard InChI is InChI=1S/C18H21N3O3/c1-12-3-2-4-13-11-15(24-16(12)13)17(22)20-8-5-14(6-9-20)21-10-7-19-18(21)23/h2-4,11,14H,5-10H2,1H3,(H,19,23). The number of para-hydroxylation sites is 1. The van der Waals surface area contributed by atoms with E-state index in [4.69, 9.17) is 4.42 Å². The van der Waals surface area contributed by atoms with Gasteiger partial charge in [-0.3, -0.25) is 4.79 Å². The van der Waals surface area contributed by atoms with Crippen LogP contribution in [0.5, 0.6) is 0 Å². The van der Waals surface area contributed by atoms with Crippen LogP contribution in [-0.4, -0.2) is 54.0 Å². The number of furan rings is 1. The Labute approximate surface area is 140 Å². The van der Waals surface area contributed by atoms with Gasteiger partial charge in [-0.1, -0.05) is 18.2 Å². The molecule has 0 aliphatic carbocycles. The van der Waals surface area contributed by atoms with Crippen molar-refractivity contribution in [1.29, 1.82) is 0 Å². The molecular formula is C18H21N3O3. The number of urea groups is 1. The quantitative estimate of drug-likeness (QED) is 0.921. The summed E-state index contributed by atoms with van der Waals surface area (Å²) in [5.74, 6) is 0.339. The van der Waals surface area contributed by atoms with E-state index in [-0.39, 0.29) is 18.0 Å². The summed E-state index contributed by atoms with van der Waals surface area (Å²) in [6.07, 6.45) is 1.64. The molecule has 0 atom stereocenters. The van der Waals surface area contributed by atoms with Gasteiger partial charge in [-0.05, 0) is 31.4 Å². The molecular weight excluding hydrogens is 306 g/mol. The van der Waals surface area contributed by atoms with Gasteiger partial charge in [-0.15, -0.1) is 0 Å². The summed E-state index contributed by atoms with van der Waals surface area (Å²) < 4.78 is 5.79. The van der Waals surface area contributed by atoms with Gasteiger partial charge in [0.25, 0.3) is 5.91 Å². The third kappa shape index (κ3) is 2.52. The number of rotatable bonds is 2. The number of carbonyl (C=O) groups excluding carboxylic acids is 2. The first kappa shape index (κ1) is 15.1. The molecule has 6 heteroatoms. The molecule has 1 N–H and O–H groups in total. The number of amides is 3. The van der Waals surface area contributed by atoms with Crippen molar-refractivity contribution in [2.75, 3.05) is 26.2 Å². The van der Waals surface area contributed by atoms with E-state index in [1.54, 1.807) is 0 Å². The number of nitrogens with one attached hydrogen (secondary N) is 1. The number of piperidine rings is 1. The Hall–Kier alpha value is -2.50. The van der Waals surface area contributed by atoms with E-state index in [9.17, 15) is 9.59 Å². The van der Waals surface area contributed by atoms with Crippen molar-refractivity contribution in [2.24, 2.45) is 0 Å². The molecule has 0 bridgehead atoms. The Morgan fingerprint density at radius 1 is 1.25 bits per heavy atom. The molecule has 1 aromatic heterocycles. The molecule has 0 radical (unpaired) electrons. The van der Waals surface area contributed by atoms with Crippen molar-refractivity contribution in [3.05, 3.63) is 35.6 Å². The number of carbonyl (C=O) groups is 2. The molecule has 6 nitrogen and oxygen atoms in total. The summed E-state index contributed by atoms with van der Waals surface area (Å²) in [6, 6.07) is 7.98. The van der Waals surface area contributed by atoms with Crippen LogP contribution >= 0.6 is 0 Å². The van der Waals surface area contributed by atoms with Gasteiger partial charge < -0.3 is 19.5 Å². The minimum atomic E-state index is -0.0603. The molecule has 2 aliphatic heterocycles. The molecule has 0 saturated carbocycles. The van der Waals surface area contributed by atoms with Crippen molar-refractivity contribution < 1.29 is 14.0 Å².